The predicted molar refractivity (Wildman–Crippen MR) is 82.3 cm³/mol. The Hall–Kier alpha value is -2.49. The van der Waals surface area contributed by atoms with Gasteiger partial charge in [-0.25, -0.2) is 4.99 Å². The summed E-state index contributed by atoms with van der Waals surface area (Å²) in [5, 5.41) is 0. The van der Waals surface area contributed by atoms with E-state index in [9.17, 15) is 9.59 Å². The smallest absolute Gasteiger partial charge is 0.242 e. The standard InChI is InChI=1S/C12H20N8O2/c1-7(21)4-19(3-2-13)8(22)5-20-6-16-9-10(14)17-12(15)18-11(9)20/h6,9,11H,2-5,13H2,1H3,(H4,14,15,17,18). The van der Waals surface area contributed by atoms with Crippen LogP contribution in [0.1, 0.15) is 6.92 Å². The van der Waals surface area contributed by atoms with Crippen LogP contribution in [0.15, 0.2) is 15.0 Å². The second-order valence-electron chi connectivity index (χ2n) is 5.13. The second kappa shape index (κ2) is 6.52. The summed E-state index contributed by atoms with van der Waals surface area (Å²) in [6, 6.07) is -0.434. The van der Waals surface area contributed by atoms with Crippen LogP contribution in [0.5, 0.6) is 0 Å². The van der Waals surface area contributed by atoms with Crippen molar-refractivity contribution in [2.45, 2.75) is 19.1 Å². The first kappa shape index (κ1) is 15.9. The maximum atomic E-state index is 12.3. The van der Waals surface area contributed by atoms with Crippen molar-refractivity contribution in [2.75, 3.05) is 26.2 Å². The molecule has 0 aromatic heterocycles. The van der Waals surface area contributed by atoms with Gasteiger partial charge in [0.1, 0.15) is 24.2 Å². The molecular formula is C12H20N8O2. The zero-order chi connectivity index (χ0) is 16.3. The van der Waals surface area contributed by atoms with Crippen molar-refractivity contribution in [2.24, 2.45) is 32.2 Å². The Morgan fingerprint density at radius 1 is 1.41 bits per heavy atom. The van der Waals surface area contributed by atoms with E-state index in [-0.39, 0.29) is 43.1 Å². The number of nitrogens with two attached hydrogens (primary N) is 3. The minimum absolute atomic E-state index is 0.0159. The zero-order valence-electron chi connectivity index (χ0n) is 12.3. The molecule has 0 saturated carbocycles. The summed E-state index contributed by atoms with van der Waals surface area (Å²) < 4.78 is 0. The van der Waals surface area contributed by atoms with Crippen LogP contribution in [0.25, 0.3) is 0 Å². The van der Waals surface area contributed by atoms with Gasteiger partial charge in [0.25, 0.3) is 0 Å². The molecule has 2 atom stereocenters. The number of nitrogens with zero attached hydrogens (tertiary/aromatic N) is 5. The summed E-state index contributed by atoms with van der Waals surface area (Å²) in [6.45, 7) is 2.07. The Morgan fingerprint density at radius 3 is 2.77 bits per heavy atom. The number of aliphatic imine (C=N–C) groups is 3. The molecule has 6 N–H and O–H groups in total. The summed E-state index contributed by atoms with van der Waals surface area (Å²) in [5.74, 6) is -0.0100. The lowest BCUT2D eigenvalue weighted by atomic mass is 10.2. The summed E-state index contributed by atoms with van der Waals surface area (Å²) in [5.41, 5.74) is 16.8. The average molecular weight is 308 g/mol. The highest BCUT2D eigenvalue weighted by atomic mass is 16.2. The van der Waals surface area contributed by atoms with Crippen LogP contribution in [-0.4, -0.2) is 78.0 Å². The Balaban J connectivity index is 2.04. The lowest BCUT2D eigenvalue weighted by Crippen LogP contribution is -2.50. The molecular weight excluding hydrogens is 288 g/mol. The summed E-state index contributed by atoms with van der Waals surface area (Å²) in [4.78, 5) is 38.8. The van der Waals surface area contributed by atoms with Gasteiger partial charge in [-0.15, -0.1) is 0 Å². The molecule has 10 heteroatoms. The van der Waals surface area contributed by atoms with Crippen LogP contribution in [0.3, 0.4) is 0 Å². The summed E-state index contributed by atoms with van der Waals surface area (Å²) >= 11 is 0. The predicted octanol–water partition coefficient (Wildman–Crippen LogP) is -2.91. The molecule has 10 nitrogen and oxygen atoms in total. The number of Topliss-reactive ketones (excluding diaryl/α,β-unsaturated/α-hetero) is 1. The van der Waals surface area contributed by atoms with Crippen molar-refractivity contribution in [1.82, 2.24) is 9.80 Å². The quantitative estimate of drug-likeness (QED) is 0.477. The molecule has 0 aliphatic carbocycles. The van der Waals surface area contributed by atoms with E-state index in [0.29, 0.717) is 6.54 Å². The maximum absolute atomic E-state index is 12.3. The third-order valence-electron chi connectivity index (χ3n) is 3.29. The average Bonchev–Trinajstić information content (AvgIpc) is 2.81. The molecule has 0 aromatic rings. The Kier molecular flexibility index (Phi) is 4.71. The third kappa shape index (κ3) is 3.39. The molecule has 0 fully saturated rings. The highest BCUT2D eigenvalue weighted by Crippen LogP contribution is 2.18. The van der Waals surface area contributed by atoms with Crippen molar-refractivity contribution in [3.8, 4) is 0 Å². The van der Waals surface area contributed by atoms with Crippen LogP contribution < -0.4 is 17.2 Å². The van der Waals surface area contributed by atoms with Crippen molar-refractivity contribution in [3.05, 3.63) is 0 Å². The number of hydrogen-bond acceptors (Lipinski definition) is 9. The third-order valence-corrected chi connectivity index (χ3v) is 3.29. The van der Waals surface area contributed by atoms with Gasteiger partial charge in [-0.3, -0.25) is 14.6 Å². The Labute approximate surface area is 127 Å². The van der Waals surface area contributed by atoms with Crippen LogP contribution in [-0.2, 0) is 9.59 Å². The monoisotopic (exact) mass is 308 g/mol. The Bertz CT molecular complexity index is 555. The molecule has 120 valence electrons. The highest BCUT2D eigenvalue weighted by molar-refractivity contribution is 6.01. The van der Waals surface area contributed by atoms with Crippen molar-refractivity contribution in [1.29, 1.82) is 0 Å². The minimum atomic E-state index is -0.474. The van der Waals surface area contributed by atoms with E-state index in [4.69, 9.17) is 17.2 Å². The summed E-state index contributed by atoms with van der Waals surface area (Å²) in [7, 11) is 0. The molecule has 0 aromatic carbocycles. The van der Waals surface area contributed by atoms with Gasteiger partial charge in [0.15, 0.2) is 6.17 Å². The van der Waals surface area contributed by atoms with Crippen molar-refractivity contribution >= 4 is 29.8 Å². The van der Waals surface area contributed by atoms with Gasteiger partial charge in [-0.2, -0.15) is 4.99 Å². The topological polar surface area (TPSA) is 156 Å². The number of rotatable bonds is 6. The van der Waals surface area contributed by atoms with E-state index in [1.165, 1.54) is 18.2 Å². The molecule has 2 heterocycles. The maximum Gasteiger partial charge on any atom is 0.242 e. The number of amides is 1. The normalized spacial score (nSPS) is 22.9. The van der Waals surface area contributed by atoms with E-state index in [0.717, 1.165) is 0 Å². The lowest BCUT2D eigenvalue weighted by Gasteiger charge is -2.28. The summed E-state index contributed by atoms with van der Waals surface area (Å²) in [6.07, 6.45) is 1.03. The van der Waals surface area contributed by atoms with Gasteiger partial charge >= 0.3 is 0 Å². The van der Waals surface area contributed by atoms with Crippen LogP contribution in [0.4, 0.5) is 0 Å². The number of ketones is 1. The van der Waals surface area contributed by atoms with Crippen molar-refractivity contribution < 1.29 is 9.59 Å². The molecule has 0 radical (unpaired) electrons. The van der Waals surface area contributed by atoms with E-state index in [2.05, 4.69) is 15.0 Å². The molecule has 2 aliphatic heterocycles. The molecule has 0 saturated heterocycles. The van der Waals surface area contributed by atoms with Crippen LogP contribution in [0.2, 0.25) is 0 Å². The number of hydrogen-bond donors (Lipinski definition) is 3. The van der Waals surface area contributed by atoms with Gasteiger partial charge < -0.3 is 27.0 Å². The minimum Gasteiger partial charge on any atom is -0.385 e. The van der Waals surface area contributed by atoms with E-state index in [1.54, 1.807) is 4.90 Å². The zero-order valence-corrected chi connectivity index (χ0v) is 12.3. The van der Waals surface area contributed by atoms with Crippen LogP contribution >= 0.6 is 0 Å². The second-order valence-corrected chi connectivity index (χ2v) is 5.13. The lowest BCUT2D eigenvalue weighted by molar-refractivity contribution is -0.135. The van der Waals surface area contributed by atoms with Gasteiger partial charge in [0.2, 0.25) is 11.9 Å². The molecule has 0 spiro atoms. The van der Waals surface area contributed by atoms with Gasteiger partial charge in [0.05, 0.1) is 12.9 Å². The molecule has 2 rings (SSSR count). The number of carbonyl (C=O) groups is 2. The molecule has 0 bridgehead atoms. The molecule has 22 heavy (non-hydrogen) atoms. The number of carbonyl (C=O) groups excluding carboxylic acids is 2. The van der Waals surface area contributed by atoms with Crippen molar-refractivity contribution in [3.63, 3.8) is 0 Å². The first-order valence-corrected chi connectivity index (χ1v) is 6.86. The largest absolute Gasteiger partial charge is 0.385 e. The first-order valence-electron chi connectivity index (χ1n) is 6.86. The van der Waals surface area contributed by atoms with Crippen LogP contribution in [0, 0.1) is 0 Å². The van der Waals surface area contributed by atoms with E-state index < -0.39 is 12.2 Å². The fourth-order valence-corrected chi connectivity index (χ4v) is 2.33. The highest BCUT2D eigenvalue weighted by Gasteiger charge is 2.37. The fraction of sp³-hybridized carbons (Fsp3) is 0.583. The number of amidine groups is 1. The number of guanidine groups is 1. The molecule has 2 aliphatic rings. The van der Waals surface area contributed by atoms with Gasteiger partial charge in [-0.1, -0.05) is 0 Å². The SMILES string of the molecule is CC(=O)CN(CCN)C(=O)CN1C=NC2C(N)=NC(N)=NC21. The van der Waals surface area contributed by atoms with E-state index in [1.807, 2.05) is 0 Å². The Morgan fingerprint density at radius 2 is 2.14 bits per heavy atom. The van der Waals surface area contributed by atoms with E-state index >= 15 is 0 Å². The van der Waals surface area contributed by atoms with Gasteiger partial charge in [-0.05, 0) is 6.92 Å². The first-order chi connectivity index (χ1) is 10.4. The molecule has 2 unspecified atom stereocenters. The van der Waals surface area contributed by atoms with Gasteiger partial charge in [0, 0.05) is 13.1 Å². The number of fused-ring (bicyclic) bond motifs is 1. The fourth-order valence-electron chi connectivity index (χ4n) is 2.33. The molecule has 1 amide bonds.